The first-order chi connectivity index (χ1) is 14.9. The molecule has 0 bridgehead atoms. The van der Waals surface area contributed by atoms with Gasteiger partial charge in [0.2, 0.25) is 5.91 Å². The summed E-state index contributed by atoms with van der Waals surface area (Å²) in [7, 11) is 0. The summed E-state index contributed by atoms with van der Waals surface area (Å²) in [5.41, 5.74) is 1.56. The van der Waals surface area contributed by atoms with Gasteiger partial charge in [0.1, 0.15) is 5.82 Å². The van der Waals surface area contributed by atoms with Crippen LogP contribution in [-0.2, 0) is 4.79 Å². The smallest absolute Gasteiger partial charge is 0.233 e. The molecule has 1 aliphatic rings. The van der Waals surface area contributed by atoms with E-state index in [1.807, 2.05) is 21.6 Å². The first-order valence-electron chi connectivity index (χ1n) is 10.4. The molecule has 0 unspecified atom stereocenters. The van der Waals surface area contributed by atoms with Crippen molar-refractivity contribution in [2.75, 3.05) is 5.75 Å². The molecule has 1 fully saturated rings. The molecule has 1 aromatic heterocycles. The number of rotatable bonds is 5. The average Bonchev–Trinajstić information content (AvgIpc) is 3.17. The fourth-order valence-electron chi connectivity index (χ4n) is 4.09. The normalized spacial score (nSPS) is 18.9. The van der Waals surface area contributed by atoms with Crippen LogP contribution < -0.4 is 0 Å². The molecular weight excluding hydrogens is 435 g/mol. The molecule has 2 atom stereocenters. The Morgan fingerprint density at radius 1 is 1.06 bits per heavy atom. The number of aromatic nitrogens is 3. The van der Waals surface area contributed by atoms with E-state index in [1.54, 1.807) is 24.3 Å². The Labute approximate surface area is 190 Å². The second-order valence-corrected chi connectivity index (χ2v) is 9.22. The highest BCUT2D eigenvalue weighted by Gasteiger charge is 2.29. The first kappa shape index (κ1) is 21.8. The number of likely N-dealkylation sites (tertiary alicyclic amines) is 1. The average molecular weight is 459 g/mol. The lowest BCUT2D eigenvalue weighted by molar-refractivity contribution is -0.134. The van der Waals surface area contributed by atoms with E-state index >= 15 is 0 Å². The molecule has 4 rings (SSSR count). The van der Waals surface area contributed by atoms with Gasteiger partial charge in [0.05, 0.1) is 5.75 Å². The Morgan fingerprint density at radius 3 is 2.35 bits per heavy atom. The van der Waals surface area contributed by atoms with Crippen LogP contribution in [-0.4, -0.2) is 43.4 Å². The summed E-state index contributed by atoms with van der Waals surface area (Å²) in [6.07, 6.45) is 3.23. The van der Waals surface area contributed by atoms with Crippen molar-refractivity contribution < 1.29 is 9.18 Å². The van der Waals surface area contributed by atoms with Gasteiger partial charge in [-0.05, 0) is 81.6 Å². The van der Waals surface area contributed by atoms with Crippen LogP contribution in [0.4, 0.5) is 4.39 Å². The zero-order valence-corrected chi connectivity index (χ0v) is 19.0. The number of benzene rings is 2. The molecule has 1 aliphatic heterocycles. The van der Waals surface area contributed by atoms with E-state index in [-0.39, 0.29) is 29.6 Å². The third kappa shape index (κ3) is 4.77. The van der Waals surface area contributed by atoms with Gasteiger partial charge in [0.15, 0.2) is 11.0 Å². The van der Waals surface area contributed by atoms with E-state index in [4.69, 9.17) is 11.6 Å². The zero-order valence-electron chi connectivity index (χ0n) is 17.5. The minimum Gasteiger partial charge on any atom is -0.337 e. The minimum atomic E-state index is -0.317. The Balaban J connectivity index is 1.63. The maximum atomic E-state index is 13.5. The van der Waals surface area contributed by atoms with E-state index in [9.17, 15) is 9.18 Å². The lowest BCUT2D eigenvalue weighted by atomic mass is 9.98. The van der Waals surface area contributed by atoms with Gasteiger partial charge in [0.25, 0.3) is 0 Å². The van der Waals surface area contributed by atoms with Gasteiger partial charge in [-0.15, -0.1) is 10.2 Å². The number of piperidine rings is 1. The lowest BCUT2D eigenvalue weighted by Gasteiger charge is -2.39. The van der Waals surface area contributed by atoms with Crippen LogP contribution in [0, 0.1) is 5.82 Å². The van der Waals surface area contributed by atoms with E-state index < -0.39 is 0 Å². The summed E-state index contributed by atoms with van der Waals surface area (Å²) < 4.78 is 15.4. The van der Waals surface area contributed by atoms with Gasteiger partial charge >= 0.3 is 0 Å². The van der Waals surface area contributed by atoms with Crippen LogP contribution in [0.1, 0.15) is 33.1 Å². The largest absolute Gasteiger partial charge is 0.337 e. The molecule has 3 aromatic rings. The van der Waals surface area contributed by atoms with Crippen molar-refractivity contribution in [1.29, 1.82) is 0 Å². The summed E-state index contributed by atoms with van der Waals surface area (Å²) in [4.78, 5) is 15.0. The second-order valence-electron chi connectivity index (χ2n) is 7.84. The summed E-state index contributed by atoms with van der Waals surface area (Å²) in [6, 6.07) is 14.0. The van der Waals surface area contributed by atoms with Crippen molar-refractivity contribution >= 4 is 29.3 Å². The number of carbonyl (C=O) groups excluding carboxylic acids is 1. The predicted octanol–water partition coefficient (Wildman–Crippen LogP) is 5.61. The lowest BCUT2D eigenvalue weighted by Crippen LogP contribution is -2.48. The Morgan fingerprint density at radius 2 is 1.71 bits per heavy atom. The Bertz CT molecular complexity index is 1040. The van der Waals surface area contributed by atoms with Crippen molar-refractivity contribution in [2.45, 2.75) is 50.4 Å². The summed E-state index contributed by atoms with van der Waals surface area (Å²) >= 11 is 7.38. The van der Waals surface area contributed by atoms with Crippen LogP contribution in [0.25, 0.3) is 17.1 Å². The molecule has 0 aliphatic carbocycles. The van der Waals surface area contributed by atoms with Gasteiger partial charge in [-0.1, -0.05) is 23.4 Å². The molecule has 8 heteroatoms. The number of nitrogens with zero attached hydrogens (tertiary/aromatic N) is 4. The monoisotopic (exact) mass is 458 g/mol. The molecular formula is C23H24ClFN4OS. The molecule has 2 aromatic carbocycles. The molecule has 2 heterocycles. The predicted molar refractivity (Wildman–Crippen MR) is 122 cm³/mol. The van der Waals surface area contributed by atoms with Crippen LogP contribution in [0.3, 0.4) is 0 Å². The quantitative estimate of drug-likeness (QED) is 0.466. The van der Waals surface area contributed by atoms with Gasteiger partial charge in [0, 0.05) is 28.4 Å². The fraction of sp³-hybridized carbons (Fsp3) is 0.348. The van der Waals surface area contributed by atoms with Crippen LogP contribution >= 0.6 is 23.4 Å². The molecule has 1 amide bonds. The van der Waals surface area contributed by atoms with Gasteiger partial charge in [-0.25, -0.2) is 4.39 Å². The van der Waals surface area contributed by atoms with E-state index in [0.29, 0.717) is 16.0 Å². The van der Waals surface area contributed by atoms with Crippen molar-refractivity contribution in [3.05, 3.63) is 59.4 Å². The van der Waals surface area contributed by atoms with Gasteiger partial charge < -0.3 is 4.90 Å². The topological polar surface area (TPSA) is 51.0 Å². The molecule has 1 saturated heterocycles. The highest BCUT2D eigenvalue weighted by Crippen LogP contribution is 2.30. The molecule has 0 saturated carbocycles. The SMILES string of the molecule is C[C@@H]1CCC[C@@H](C)N1C(=O)CSc1nnc(-c2ccc(Cl)cc2)n1-c1ccc(F)cc1. The second kappa shape index (κ2) is 9.40. The van der Waals surface area contributed by atoms with Gasteiger partial charge in [-0.2, -0.15) is 0 Å². The molecule has 0 spiro atoms. The standard InChI is InChI=1S/C23H24ClFN4OS/c1-15-4-3-5-16(2)28(15)21(30)14-31-23-27-26-22(17-6-8-18(24)9-7-17)29(23)20-12-10-19(25)11-13-20/h6-13,15-16H,3-5,14H2,1-2H3/t15-,16-/m1/s1. The fourth-order valence-corrected chi connectivity index (χ4v) is 5.03. The van der Waals surface area contributed by atoms with Crippen LogP contribution in [0.5, 0.6) is 0 Å². The number of halogens is 2. The molecule has 5 nitrogen and oxygen atoms in total. The van der Waals surface area contributed by atoms with Crippen molar-refractivity contribution in [3.8, 4) is 17.1 Å². The highest BCUT2D eigenvalue weighted by atomic mass is 35.5. The van der Waals surface area contributed by atoms with Crippen LogP contribution in [0.15, 0.2) is 53.7 Å². The van der Waals surface area contributed by atoms with E-state index in [2.05, 4.69) is 24.0 Å². The molecule has 0 radical (unpaired) electrons. The number of hydrogen-bond donors (Lipinski definition) is 0. The van der Waals surface area contributed by atoms with E-state index in [0.717, 1.165) is 30.5 Å². The number of carbonyl (C=O) groups is 1. The van der Waals surface area contributed by atoms with Crippen molar-refractivity contribution in [3.63, 3.8) is 0 Å². The first-order valence-corrected chi connectivity index (χ1v) is 11.7. The highest BCUT2D eigenvalue weighted by molar-refractivity contribution is 7.99. The maximum absolute atomic E-state index is 13.5. The number of amides is 1. The third-order valence-corrected chi connectivity index (χ3v) is 6.79. The zero-order chi connectivity index (χ0) is 22.0. The molecule has 31 heavy (non-hydrogen) atoms. The number of thioether (sulfide) groups is 1. The van der Waals surface area contributed by atoms with Gasteiger partial charge in [-0.3, -0.25) is 9.36 Å². The third-order valence-electron chi connectivity index (χ3n) is 5.63. The Hall–Kier alpha value is -2.38. The maximum Gasteiger partial charge on any atom is 0.233 e. The minimum absolute atomic E-state index is 0.103. The Kier molecular flexibility index (Phi) is 6.62. The molecule has 162 valence electrons. The summed E-state index contributed by atoms with van der Waals surface area (Å²) in [5.74, 6) is 0.667. The van der Waals surface area contributed by atoms with Crippen LogP contribution in [0.2, 0.25) is 5.02 Å². The number of hydrogen-bond acceptors (Lipinski definition) is 4. The molecule has 0 N–H and O–H groups in total. The van der Waals surface area contributed by atoms with Crippen molar-refractivity contribution in [2.24, 2.45) is 0 Å². The summed E-state index contributed by atoms with van der Waals surface area (Å²) in [5, 5.41) is 9.92. The van der Waals surface area contributed by atoms with E-state index in [1.165, 1.54) is 23.9 Å². The van der Waals surface area contributed by atoms with Crippen molar-refractivity contribution in [1.82, 2.24) is 19.7 Å². The summed E-state index contributed by atoms with van der Waals surface area (Å²) in [6.45, 7) is 4.22.